The van der Waals surface area contributed by atoms with E-state index in [1.807, 2.05) is 0 Å². The molecule has 1 unspecified atom stereocenters. The van der Waals surface area contributed by atoms with E-state index in [2.05, 4.69) is 26.1 Å². The van der Waals surface area contributed by atoms with Crippen molar-refractivity contribution in [1.82, 2.24) is 5.32 Å². The van der Waals surface area contributed by atoms with Crippen LogP contribution in [0.5, 0.6) is 0 Å². The quantitative estimate of drug-likeness (QED) is 0.589. The van der Waals surface area contributed by atoms with E-state index in [-0.39, 0.29) is 0 Å². The minimum Gasteiger partial charge on any atom is -0.385 e. The van der Waals surface area contributed by atoms with Crippen LogP contribution in [0.4, 0.5) is 0 Å². The summed E-state index contributed by atoms with van der Waals surface area (Å²) in [5.74, 6) is 1.51. The number of hydrogen-bond acceptors (Lipinski definition) is 2. The Labute approximate surface area is 83.1 Å². The predicted molar refractivity (Wildman–Crippen MR) is 58.0 cm³/mol. The molecule has 0 saturated carbocycles. The summed E-state index contributed by atoms with van der Waals surface area (Å²) in [4.78, 5) is 0. The molecule has 0 aliphatic heterocycles. The molecule has 0 rings (SSSR count). The Balaban J connectivity index is 3.54. The van der Waals surface area contributed by atoms with Crippen molar-refractivity contribution in [2.75, 3.05) is 26.8 Å². The largest absolute Gasteiger partial charge is 0.385 e. The van der Waals surface area contributed by atoms with E-state index in [4.69, 9.17) is 4.74 Å². The first-order chi connectivity index (χ1) is 6.22. The van der Waals surface area contributed by atoms with E-state index in [9.17, 15) is 0 Å². The van der Waals surface area contributed by atoms with Gasteiger partial charge in [-0.25, -0.2) is 0 Å². The van der Waals surface area contributed by atoms with Crippen molar-refractivity contribution in [3.8, 4) is 0 Å². The molecule has 0 heterocycles. The van der Waals surface area contributed by atoms with E-state index in [0.29, 0.717) is 0 Å². The molecule has 1 N–H and O–H groups in total. The maximum atomic E-state index is 5.10. The molecule has 2 nitrogen and oxygen atoms in total. The highest BCUT2D eigenvalue weighted by molar-refractivity contribution is 4.65. The highest BCUT2D eigenvalue weighted by atomic mass is 16.5. The van der Waals surface area contributed by atoms with Crippen LogP contribution in [0.1, 0.15) is 33.6 Å². The van der Waals surface area contributed by atoms with Crippen molar-refractivity contribution in [1.29, 1.82) is 0 Å². The van der Waals surface area contributed by atoms with Gasteiger partial charge in [-0.3, -0.25) is 0 Å². The number of ether oxygens (including phenoxy) is 1. The van der Waals surface area contributed by atoms with Gasteiger partial charge in [-0.2, -0.15) is 0 Å². The summed E-state index contributed by atoms with van der Waals surface area (Å²) in [6.45, 7) is 9.93. The molecule has 0 spiro atoms. The lowest BCUT2D eigenvalue weighted by Gasteiger charge is -2.20. The molecule has 80 valence electrons. The predicted octanol–water partition coefficient (Wildman–Crippen LogP) is 2.29. The summed E-state index contributed by atoms with van der Waals surface area (Å²) < 4.78 is 5.10. The van der Waals surface area contributed by atoms with Crippen molar-refractivity contribution in [3.05, 3.63) is 0 Å². The molecular formula is C11H25NO. The van der Waals surface area contributed by atoms with Crippen LogP contribution in [0, 0.1) is 11.8 Å². The molecule has 2 heteroatoms. The fourth-order valence-corrected chi connectivity index (χ4v) is 1.40. The van der Waals surface area contributed by atoms with Crippen molar-refractivity contribution < 1.29 is 4.74 Å². The van der Waals surface area contributed by atoms with Gasteiger partial charge in [-0.1, -0.05) is 20.8 Å². The molecule has 0 aliphatic rings. The van der Waals surface area contributed by atoms with Crippen LogP contribution < -0.4 is 5.32 Å². The molecule has 0 aromatic carbocycles. The van der Waals surface area contributed by atoms with Crippen LogP contribution in [-0.4, -0.2) is 26.8 Å². The van der Waals surface area contributed by atoms with E-state index < -0.39 is 0 Å². The Morgan fingerprint density at radius 1 is 1.31 bits per heavy atom. The van der Waals surface area contributed by atoms with Gasteiger partial charge in [0.05, 0.1) is 0 Å². The maximum absolute atomic E-state index is 5.10. The topological polar surface area (TPSA) is 21.3 Å². The summed E-state index contributed by atoms with van der Waals surface area (Å²) in [5.41, 5.74) is 0. The van der Waals surface area contributed by atoms with Gasteiger partial charge in [0.15, 0.2) is 0 Å². The molecule has 0 bridgehead atoms. The van der Waals surface area contributed by atoms with Gasteiger partial charge in [0.25, 0.3) is 0 Å². The Morgan fingerprint density at radius 3 is 2.46 bits per heavy atom. The molecule has 13 heavy (non-hydrogen) atoms. The van der Waals surface area contributed by atoms with Crippen molar-refractivity contribution in [2.24, 2.45) is 11.8 Å². The SMILES string of the molecule is CCCNCC(CCOC)C(C)C. The first-order valence-corrected chi connectivity index (χ1v) is 5.42. The van der Waals surface area contributed by atoms with Crippen molar-refractivity contribution in [2.45, 2.75) is 33.6 Å². The third-order valence-corrected chi connectivity index (χ3v) is 2.47. The average molecular weight is 187 g/mol. The summed E-state index contributed by atoms with van der Waals surface area (Å²) in [5, 5.41) is 3.47. The van der Waals surface area contributed by atoms with Crippen LogP contribution >= 0.6 is 0 Å². The van der Waals surface area contributed by atoms with Crippen LogP contribution in [0.2, 0.25) is 0 Å². The van der Waals surface area contributed by atoms with E-state index in [1.54, 1.807) is 7.11 Å². The molecule has 0 aliphatic carbocycles. The summed E-state index contributed by atoms with van der Waals surface area (Å²) >= 11 is 0. The van der Waals surface area contributed by atoms with E-state index in [0.717, 1.165) is 31.5 Å². The lowest BCUT2D eigenvalue weighted by Crippen LogP contribution is -2.27. The van der Waals surface area contributed by atoms with Gasteiger partial charge in [0.1, 0.15) is 0 Å². The average Bonchev–Trinajstić information content (AvgIpc) is 2.10. The van der Waals surface area contributed by atoms with Gasteiger partial charge in [-0.05, 0) is 37.8 Å². The zero-order valence-corrected chi connectivity index (χ0v) is 9.60. The first kappa shape index (κ1) is 12.9. The second kappa shape index (κ2) is 8.52. The van der Waals surface area contributed by atoms with Gasteiger partial charge < -0.3 is 10.1 Å². The lowest BCUT2D eigenvalue weighted by molar-refractivity contribution is 0.164. The molecule has 0 saturated heterocycles. The Morgan fingerprint density at radius 2 is 2.00 bits per heavy atom. The maximum Gasteiger partial charge on any atom is 0.0465 e. The third-order valence-electron chi connectivity index (χ3n) is 2.47. The lowest BCUT2D eigenvalue weighted by atomic mass is 9.93. The normalized spacial score (nSPS) is 13.6. The number of rotatable bonds is 8. The molecule has 0 amide bonds. The number of nitrogens with one attached hydrogen (secondary N) is 1. The Bertz CT molecular complexity index is 104. The zero-order valence-electron chi connectivity index (χ0n) is 9.60. The molecular weight excluding hydrogens is 162 g/mol. The fourth-order valence-electron chi connectivity index (χ4n) is 1.40. The second-order valence-electron chi connectivity index (χ2n) is 3.99. The van der Waals surface area contributed by atoms with E-state index >= 15 is 0 Å². The zero-order chi connectivity index (χ0) is 10.1. The number of methoxy groups -OCH3 is 1. The molecule has 0 aromatic rings. The first-order valence-electron chi connectivity index (χ1n) is 5.42. The Hall–Kier alpha value is -0.0800. The summed E-state index contributed by atoms with van der Waals surface area (Å²) in [6.07, 6.45) is 2.39. The van der Waals surface area contributed by atoms with Crippen molar-refractivity contribution >= 4 is 0 Å². The van der Waals surface area contributed by atoms with Gasteiger partial charge in [0, 0.05) is 13.7 Å². The minimum atomic E-state index is 0.750. The van der Waals surface area contributed by atoms with Gasteiger partial charge >= 0.3 is 0 Å². The fraction of sp³-hybridized carbons (Fsp3) is 1.00. The van der Waals surface area contributed by atoms with Crippen LogP contribution in [0.25, 0.3) is 0 Å². The standard InChI is InChI=1S/C11H25NO/c1-5-7-12-9-11(10(2)3)6-8-13-4/h10-12H,5-9H2,1-4H3. The smallest absolute Gasteiger partial charge is 0.0465 e. The highest BCUT2D eigenvalue weighted by Gasteiger charge is 2.11. The minimum absolute atomic E-state index is 0.750. The van der Waals surface area contributed by atoms with Crippen molar-refractivity contribution in [3.63, 3.8) is 0 Å². The van der Waals surface area contributed by atoms with E-state index in [1.165, 1.54) is 12.8 Å². The van der Waals surface area contributed by atoms with Crippen LogP contribution in [-0.2, 0) is 4.74 Å². The molecule has 0 radical (unpaired) electrons. The highest BCUT2D eigenvalue weighted by Crippen LogP contribution is 2.13. The third kappa shape index (κ3) is 7.03. The molecule has 1 atom stereocenters. The molecule has 0 aromatic heterocycles. The number of hydrogen-bond donors (Lipinski definition) is 1. The second-order valence-corrected chi connectivity index (χ2v) is 3.99. The van der Waals surface area contributed by atoms with Gasteiger partial charge in [-0.15, -0.1) is 0 Å². The van der Waals surface area contributed by atoms with Gasteiger partial charge in [0.2, 0.25) is 0 Å². The monoisotopic (exact) mass is 187 g/mol. The van der Waals surface area contributed by atoms with Crippen LogP contribution in [0.15, 0.2) is 0 Å². The van der Waals surface area contributed by atoms with Crippen LogP contribution in [0.3, 0.4) is 0 Å². The summed E-state index contributed by atoms with van der Waals surface area (Å²) in [7, 11) is 1.77. The summed E-state index contributed by atoms with van der Waals surface area (Å²) in [6, 6.07) is 0. The molecule has 0 fully saturated rings. The Kier molecular flexibility index (Phi) is 8.46.